The quantitative estimate of drug-likeness (QED) is 0.537. The van der Waals surface area contributed by atoms with Crippen molar-refractivity contribution in [2.45, 2.75) is 6.54 Å². The van der Waals surface area contributed by atoms with E-state index in [0.717, 1.165) is 10.9 Å². The highest BCUT2D eigenvalue weighted by atomic mass is 19.1. The molecule has 0 amide bonds. The monoisotopic (exact) mass is 270 g/mol. The molecule has 0 atom stereocenters. The highest BCUT2D eigenvalue weighted by Crippen LogP contribution is 2.22. The fraction of sp³-hybridized carbons (Fsp3) is 0.0667. The van der Waals surface area contributed by atoms with Crippen LogP contribution in [0, 0.1) is 15.9 Å². The first-order valence-electron chi connectivity index (χ1n) is 6.12. The van der Waals surface area contributed by atoms with Crippen molar-refractivity contribution in [3.63, 3.8) is 0 Å². The van der Waals surface area contributed by atoms with E-state index in [-0.39, 0.29) is 16.4 Å². The molecule has 0 radical (unpaired) electrons. The number of para-hydroxylation sites is 1. The van der Waals surface area contributed by atoms with Crippen LogP contribution in [0.2, 0.25) is 0 Å². The number of nitro groups is 1. The van der Waals surface area contributed by atoms with Gasteiger partial charge in [-0.05, 0) is 24.3 Å². The summed E-state index contributed by atoms with van der Waals surface area (Å²) in [7, 11) is 0. The number of aromatic nitrogens is 1. The predicted molar refractivity (Wildman–Crippen MR) is 74.1 cm³/mol. The molecule has 1 aromatic heterocycles. The van der Waals surface area contributed by atoms with Crippen molar-refractivity contribution in [2.24, 2.45) is 0 Å². The van der Waals surface area contributed by atoms with Crippen LogP contribution >= 0.6 is 0 Å². The lowest BCUT2D eigenvalue weighted by Crippen LogP contribution is -2.01. The second-order valence-corrected chi connectivity index (χ2v) is 4.53. The fourth-order valence-electron chi connectivity index (χ4n) is 2.32. The van der Waals surface area contributed by atoms with Gasteiger partial charge in [0.15, 0.2) is 0 Å². The van der Waals surface area contributed by atoms with Crippen molar-refractivity contribution in [3.8, 4) is 0 Å². The van der Waals surface area contributed by atoms with Crippen molar-refractivity contribution < 1.29 is 9.31 Å². The summed E-state index contributed by atoms with van der Waals surface area (Å²) >= 11 is 0. The van der Waals surface area contributed by atoms with E-state index >= 15 is 0 Å². The average molecular weight is 270 g/mol. The zero-order chi connectivity index (χ0) is 14.1. The van der Waals surface area contributed by atoms with Gasteiger partial charge in [0, 0.05) is 28.7 Å². The Labute approximate surface area is 114 Å². The first-order valence-corrected chi connectivity index (χ1v) is 6.12. The van der Waals surface area contributed by atoms with Gasteiger partial charge < -0.3 is 4.57 Å². The molecule has 0 aliphatic rings. The lowest BCUT2D eigenvalue weighted by molar-refractivity contribution is -0.385. The molecule has 1 heterocycles. The summed E-state index contributed by atoms with van der Waals surface area (Å²) in [4.78, 5) is 10.6. The Kier molecular flexibility index (Phi) is 2.95. The van der Waals surface area contributed by atoms with Gasteiger partial charge in [-0.3, -0.25) is 10.1 Å². The Hall–Kier alpha value is -2.69. The van der Waals surface area contributed by atoms with E-state index in [4.69, 9.17) is 0 Å². The molecule has 0 aliphatic carbocycles. The molecule has 100 valence electrons. The third-order valence-electron chi connectivity index (χ3n) is 3.26. The molecule has 0 fully saturated rings. The smallest absolute Gasteiger partial charge is 0.274 e. The highest BCUT2D eigenvalue weighted by molar-refractivity contribution is 5.80. The van der Waals surface area contributed by atoms with E-state index in [1.165, 1.54) is 18.2 Å². The molecule has 3 aromatic rings. The van der Waals surface area contributed by atoms with Crippen molar-refractivity contribution in [1.82, 2.24) is 4.57 Å². The molecule has 5 heteroatoms. The topological polar surface area (TPSA) is 48.1 Å². The predicted octanol–water partition coefficient (Wildman–Crippen LogP) is 3.74. The molecule has 2 aromatic carbocycles. The van der Waals surface area contributed by atoms with Crippen molar-refractivity contribution in [1.29, 1.82) is 0 Å². The molecule has 0 aliphatic heterocycles. The Balaban J connectivity index is 2.04. The van der Waals surface area contributed by atoms with Crippen molar-refractivity contribution in [3.05, 3.63) is 76.2 Å². The summed E-state index contributed by atoms with van der Waals surface area (Å²) in [6.07, 6.45) is 1.81. The van der Waals surface area contributed by atoms with Crippen LogP contribution in [0.1, 0.15) is 5.56 Å². The number of nitrogens with zero attached hydrogens (tertiary/aromatic N) is 2. The standard InChI is InChI=1S/C15H11FN2O2/c16-13-5-6-14-11(9-13)7-8-17(14)10-12-3-1-2-4-15(12)18(19)20/h1-9H,10H2. The van der Waals surface area contributed by atoms with Crippen LogP contribution < -0.4 is 0 Å². The van der Waals surface area contributed by atoms with Crippen LogP contribution in [0.15, 0.2) is 54.7 Å². The van der Waals surface area contributed by atoms with E-state index in [1.54, 1.807) is 36.5 Å². The Morgan fingerprint density at radius 2 is 1.95 bits per heavy atom. The number of rotatable bonds is 3. The van der Waals surface area contributed by atoms with Gasteiger partial charge >= 0.3 is 0 Å². The van der Waals surface area contributed by atoms with Gasteiger partial charge in [0.05, 0.1) is 11.5 Å². The van der Waals surface area contributed by atoms with Crippen LogP contribution in [0.25, 0.3) is 10.9 Å². The average Bonchev–Trinajstić information content (AvgIpc) is 2.81. The van der Waals surface area contributed by atoms with Crippen molar-refractivity contribution in [2.75, 3.05) is 0 Å². The summed E-state index contributed by atoms with van der Waals surface area (Å²) < 4.78 is 15.0. The minimum Gasteiger partial charge on any atom is -0.343 e. The van der Waals surface area contributed by atoms with Crippen LogP contribution in [-0.4, -0.2) is 9.49 Å². The normalized spacial score (nSPS) is 10.8. The van der Waals surface area contributed by atoms with Gasteiger partial charge in [0.2, 0.25) is 0 Å². The molecule has 20 heavy (non-hydrogen) atoms. The van der Waals surface area contributed by atoms with Gasteiger partial charge in [0.1, 0.15) is 5.82 Å². The third-order valence-corrected chi connectivity index (χ3v) is 3.26. The molecule has 0 spiro atoms. The number of hydrogen-bond acceptors (Lipinski definition) is 2. The fourth-order valence-corrected chi connectivity index (χ4v) is 2.32. The molecule has 0 saturated heterocycles. The first kappa shape index (κ1) is 12.3. The number of halogens is 1. The number of fused-ring (bicyclic) bond motifs is 1. The van der Waals surface area contributed by atoms with E-state index in [0.29, 0.717) is 12.1 Å². The maximum Gasteiger partial charge on any atom is 0.274 e. The number of benzene rings is 2. The van der Waals surface area contributed by atoms with E-state index < -0.39 is 0 Å². The summed E-state index contributed by atoms with van der Waals surface area (Å²) in [5.41, 5.74) is 1.57. The SMILES string of the molecule is O=[N+]([O-])c1ccccc1Cn1ccc2cc(F)ccc21. The Morgan fingerprint density at radius 3 is 2.75 bits per heavy atom. The maximum absolute atomic E-state index is 13.1. The third kappa shape index (κ3) is 2.14. The molecule has 0 bridgehead atoms. The Morgan fingerprint density at radius 1 is 1.15 bits per heavy atom. The van der Waals surface area contributed by atoms with E-state index in [9.17, 15) is 14.5 Å². The molecule has 3 rings (SSSR count). The zero-order valence-electron chi connectivity index (χ0n) is 10.5. The lowest BCUT2D eigenvalue weighted by atomic mass is 10.2. The molecular formula is C15H11FN2O2. The summed E-state index contributed by atoms with van der Waals surface area (Å²) in [5.74, 6) is -0.291. The molecule has 0 saturated carbocycles. The summed E-state index contributed by atoms with van der Waals surface area (Å²) in [6.45, 7) is 0.381. The second kappa shape index (κ2) is 4.77. The van der Waals surface area contributed by atoms with Gasteiger partial charge in [-0.25, -0.2) is 4.39 Å². The largest absolute Gasteiger partial charge is 0.343 e. The van der Waals surface area contributed by atoms with Gasteiger partial charge in [0.25, 0.3) is 5.69 Å². The molecule has 4 nitrogen and oxygen atoms in total. The van der Waals surface area contributed by atoms with E-state index in [1.807, 2.05) is 4.57 Å². The first-order chi connectivity index (χ1) is 9.65. The molecular weight excluding hydrogens is 259 g/mol. The van der Waals surface area contributed by atoms with Gasteiger partial charge in [-0.2, -0.15) is 0 Å². The lowest BCUT2D eigenvalue weighted by Gasteiger charge is -2.06. The van der Waals surface area contributed by atoms with Crippen LogP contribution in [0.3, 0.4) is 0 Å². The highest BCUT2D eigenvalue weighted by Gasteiger charge is 2.13. The van der Waals surface area contributed by atoms with Crippen LogP contribution in [0.5, 0.6) is 0 Å². The zero-order valence-corrected chi connectivity index (χ0v) is 10.5. The Bertz CT molecular complexity index is 795. The number of nitro benzene ring substituents is 1. The minimum atomic E-state index is -0.388. The summed E-state index contributed by atoms with van der Waals surface area (Å²) in [6, 6.07) is 12.9. The molecule has 0 N–H and O–H groups in total. The molecule has 0 unspecified atom stereocenters. The maximum atomic E-state index is 13.1. The van der Waals surface area contributed by atoms with Crippen molar-refractivity contribution >= 4 is 16.6 Å². The second-order valence-electron chi connectivity index (χ2n) is 4.53. The van der Waals surface area contributed by atoms with Gasteiger partial charge in [-0.15, -0.1) is 0 Å². The summed E-state index contributed by atoms with van der Waals surface area (Å²) in [5, 5.41) is 11.8. The number of hydrogen-bond donors (Lipinski definition) is 0. The van der Waals surface area contributed by atoms with Gasteiger partial charge in [-0.1, -0.05) is 18.2 Å². The minimum absolute atomic E-state index is 0.0939. The van der Waals surface area contributed by atoms with Crippen LogP contribution in [0.4, 0.5) is 10.1 Å². The van der Waals surface area contributed by atoms with Crippen LogP contribution in [-0.2, 0) is 6.54 Å². The van der Waals surface area contributed by atoms with E-state index in [2.05, 4.69) is 0 Å².